The highest BCUT2D eigenvalue weighted by atomic mass is 32.2. The molecule has 3 aromatic rings. The van der Waals surface area contributed by atoms with Gasteiger partial charge < -0.3 is 10.1 Å². The van der Waals surface area contributed by atoms with E-state index in [4.69, 9.17) is 9.72 Å². The van der Waals surface area contributed by atoms with Gasteiger partial charge in [0.1, 0.15) is 0 Å². The van der Waals surface area contributed by atoms with Crippen molar-refractivity contribution >= 4 is 34.3 Å². The SMILES string of the molecule is CCCc1ccc(NC(=O)CSc2nc3ccccc3c(=O)n2CCCN2CCOCC2)cc1. The summed E-state index contributed by atoms with van der Waals surface area (Å²) < 4.78 is 7.14. The van der Waals surface area contributed by atoms with Gasteiger partial charge in [0.05, 0.1) is 29.9 Å². The monoisotopic (exact) mass is 480 g/mol. The Hall–Kier alpha value is -2.68. The quantitative estimate of drug-likeness (QED) is 0.351. The van der Waals surface area contributed by atoms with Crippen LogP contribution >= 0.6 is 11.8 Å². The number of thioether (sulfide) groups is 1. The van der Waals surface area contributed by atoms with Crippen molar-refractivity contribution in [3.05, 3.63) is 64.4 Å². The number of nitrogens with zero attached hydrogens (tertiary/aromatic N) is 3. The number of aryl methyl sites for hydroxylation is 1. The number of benzene rings is 2. The van der Waals surface area contributed by atoms with E-state index in [1.165, 1.54) is 17.3 Å². The average molecular weight is 481 g/mol. The summed E-state index contributed by atoms with van der Waals surface area (Å²) >= 11 is 1.31. The third-order valence-electron chi connectivity index (χ3n) is 5.90. The molecule has 1 saturated heterocycles. The zero-order valence-corrected chi connectivity index (χ0v) is 20.5. The number of rotatable bonds is 10. The van der Waals surface area contributed by atoms with Crippen molar-refractivity contribution in [2.75, 3.05) is 43.9 Å². The van der Waals surface area contributed by atoms with Crippen LogP contribution in [0.2, 0.25) is 0 Å². The third kappa shape index (κ3) is 6.46. The van der Waals surface area contributed by atoms with Crippen LogP contribution in [0.25, 0.3) is 10.9 Å². The average Bonchev–Trinajstić information content (AvgIpc) is 2.86. The molecule has 0 aliphatic carbocycles. The number of morpholine rings is 1. The van der Waals surface area contributed by atoms with E-state index in [0.29, 0.717) is 22.6 Å². The van der Waals surface area contributed by atoms with Crippen LogP contribution in [0.15, 0.2) is 58.5 Å². The Morgan fingerprint density at radius 1 is 1.09 bits per heavy atom. The molecule has 0 bridgehead atoms. The number of anilines is 1. The summed E-state index contributed by atoms with van der Waals surface area (Å²) in [5, 5.41) is 4.13. The minimum Gasteiger partial charge on any atom is -0.379 e. The summed E-state index contributed by atoms with van der Waals surface area (Å²) in [6.45, 7) is 6.98. The van der Waals surface area contributed by atoms with Gasteiger partial charge in [-0.05, 0) is 42.7 Å². The number of carbonyl (C=O) groups is 1. The van der Waals surface area contributed by atoms with Gasteiger partial charge in [0, 0.05) is 31.9 Å². The zero-order chi connectivity index (χ0) is 23.8. The predicted molar refractivity (Wildman–Crippen MR) is 138 cm³/mol. The van der Waals surface area contributed by atoms with E-state index in [1.807, 2.05) is 48.5 Å². The maximum atomic E-state index is 13.2. The molecule has 1 N–H and O–H groups in total. The number of carbonyl (C=O) groups excluding carboxylic acids is 1. The molecule has 1 aromatic heterocycles. The second kappa shape index (κ2) is 12.1. The first-order chi connectivity index (χ1) is 16.6. The topological polar surface area (TPSA) is 76.5 Å². The number of ether oxygens (including phenoxy) is 1. The molecular weight excluding hydrogens is 448 g/mol. The molecule has 1 amide bonds. The summed E-state index contributed by atoms with van der Waals surface area (Å²) in [6, 6.07) is 15.3. The van der Waals surface area contributed by atoms with E-state index >= 15 is 0 Å². The van der Waals surface area contributed by atoms with Crippen molar-refractivity contribution in [3.8, 4) is 0 Å². The maximum Gasteiger partial charge on any atom is 0.262 e. The smallest absolute Gasteiger partial charge is 0.262 e. The fourth-order valence-electron chi connectivity index (χ4n) is 4.10. The van der Waals surface area contributed by atoms with Gasteiger partial charge in [-0.2, -0.15) is 0 Å². The largest absolute Gasteiger partial charge is 0.379 e. The first kappa shape index (κ1) is 24.4. The van der Waals surface area contributed by atoms with Crippen molar-refractivity contribution in [1.29, 1.82) is 0 Å². The van der Waals surface area contributed by atoms with Gasteiger partial charge in [-0.1, -0.05) is 49.4 Å². The fourth-order valence-corrected chi connectivity index (χ4v) is 4.93. The van der Waals surface area contributed by atoms with Crippen molar-refractivity contribution < 1.29 is 9.53 Å². The molecule has 1 aliphatic heterocycles. The highest BCUT2D eigenvalue weighted by Gasteiger charge is 2.15. The van der Waals surface area contributed by atoms with Gasteiger partial charge in [0.2, 0.25) is 5.91 Å². The minimum atomic E-state index is -0.115. The molecule has 0 radical (unpaired) electrons. The van der Waals surface area contributed by atoms with Gasteiger partial charge in [-0.3, -0.25) is 19.1 Å². The molecule has 2 heterocycles. The molecule has 8 heteroatoms. The summed E-state index contributed by atoms with van der Waals surface area (Å²) in [5.41, 5.74) is 2.64. The summed E-state index contributed by atoms with van der Waals surface area (Å²) in [7, 11) is 0. The molecule has 180 valence electrons. The van der Waals surface area contributed by atoms with Gasteiger partial charge in [-0.25, -0.2) is 4.98 Å². The Labute approximate surface area is 204 Å². The van der Waals surface area contributed by atoms with Crippen molar-refractivity contribution in [1.82, 2.24) is 14.5 Å². The third-order valence-corrected chi connectivity index (χ3v) is 6.87. The molecule has 0 atom stereocenters. The van der Waals surface area contributed by atoms with Gasteiger partial charge in [0.25, 0.3) is 5.56 Å². The van der Waals surface area contributed by atoms with Crippen LogP contribution in [0.4, 0.5) is 5.69 Å². The van der Waals surface area contributed by atoms with Crippen molar-refractivity contribution in [2.24, 2.45) is 0 Å². The minimum absolute atomic E-state index is 0.0537. The van der Waals surface area contributed by atoms with Crippen molar-refractivity contribution in [2.45, 2.75) is 37.9 Å². The van der Waals surface area contributed by atoms with E-state index in [0.717, 1.165) is 57.8 Å². The molecule has 1 aliphatic rings. The van der Waals surface area contributed by atoms with Crippen molar-refractivity contribution in [3.63, 3.8) is 0 Å². The first-order valence-corrected chi connectivity index (χ1v) is 12.9. The lowest BCUT2D eigenvalue weighted by Gasteiger charge is -2.26. The fraction of sp³-hybridized carbons (Fsp3) is 0.423. The molecular formula is C26H32N4O3S. The van der Waals surface area contributed by atoms with Gasteiger partial charge in [0.15, 0.2) is 5.16 Å². The Balaban J connectivity index is 1.43. The summed E-state index contributed by atoms with van der Waals surface area (Å²) in [4.78, 5) is 32.9. The van der Waals surface area contributed by atoms with E-state index in [1.54, 1.807) is 4.57 Å². The highest BCUT2D eigenvalue weighted by Crippen LogP contribution is 2.19. The zero-order valence-electron chi connectivity index (χ0n) is 19.7. The standard InChI is InChI=1S/C26H32N4O3S/c1-2-6-20-9-11-21(12-10-20)27-24(31)19-34-26-28-23-8-4-3-7-22(23)25(32)30(26)14-5-13-29-15-17-33-18-16-29/h3-4,7-12H,2,5-6,13-19H2,1H3,(H,27,31). The lowest BCUT2D eigenvalue weighted by atomic mass is 10.1. The first-order valence-electron chi connectivity index (χ1n) is 12.0. The molecule has 2 aromatic carbocycles. The normalized spacial score (nSPS) is 14.4. The number of aromatic nitrogens is 2. The Kier molecular flexibility index (Phi) is 8.73. The number of nitrogens with one attached hydrogen (secondary N) is 1. The molecule has 0 saturated carbocycles. The number of amides is 1. The molecule has 1 fully saturated rings. The Morgan fingerprint density at radius 2 is 1.85 bits per heavy atom. The number of fused-ring (bicyclic) bond motifs is 1. The molecule has 34 heavy (non-hydrogen) atoms. The number of hydrogen-bond donors (Lipinski definition) is 1. The highest BCUT2D eigenvalue weighted by molar-refractivity contribution is 7.99. The second-order valence-corrected chi connectivity index (χ2v) is 9.40. The van der Waals surface area contributed by atoms with Crippen LogP contribution in [0.3, 0.4) is 0 Å². The molecule has 0 spiro atoms. The van der Waals surface area contributed by atoms with Crippen LogP contribution in [-0.2, 0) is 22.5 Å². The summed E-state index contributed by atoms with van der Waals surface area (Å²) in [5.74, 6) is 0.0702. The van der Waals surface area contributed by atoms with Gasteiger partial charge >= 0.3 is 0 Å². The van der Waals surface area contributed by atoms with Crippen LogP contribution in [0.5, 0.6) is 0 Å². The predicted octanol–water partition coefficient (Wildman–Crippen LogP) is 3.80. The molecule has 7 nitrogen and oxygen atoms in total. The van der Waals surface area contributed by atoms with Crippen LogP contribution in [-0.4, -0.2) is 59.0 Å². The lowest BCUT2D eigenvalue weighted by molar-refractivity contribution is -0.113. The van der Waals surface area contributed by atoms with E-state index in [2.05, 4.69) is 17.1 Å². The van der Waals surface area contributed by atoms with Gasteiger partial charge in [-0.15, -0.1) is 0 Å². The lowest BCUT2D eigenvalue weighted by Crippen LogP contribution is -2.37. The molecule has 4 rings (SSSR count). The van der Waals surface area contributed by atoms with Crippen LogP contribution in [0, 0.1) is 0 Å². The van der Waals surface area contributed by atoms with E-state index < -0.39 is 0 Å². The molecule has 0 unspecified atom stereocenters. The maximum absolute atomic E-state index is 13.2. The Bertz CT molecular complexity index is 1160. The van der Waals surface area contributed by atoms with Crippen LogP contribution in [0.1, 0.15) is 25.3 Å². The summed E-state index contributed by atoms with van der Waals surface area (Å²) in [6.07, 6.45) is 2.96. The van der Waals surface area contributed by atoms with E-state index in [-0.39, 0.29) is 17.2 Å². The Morgan fingerprint density at radius 3 is 2.62 bits per heavy atom. The van der Waals surface area contributed by atoms with Crippen LogP contribution < -0.4 is 10.9 Å². The van der Waals surface area contributed by atoms with E-state index in [9.17, 15) is 9.59 Å². The number of hydrogen-bond acceptors (Lipinski definition) is 6. The second-order valence-electron chi connectivity index (χ2n) is 8.46. The number of para-hydroxylation sites is 1.